The third-order valence-electron chi connectivity index (χ3n) is 2.54. The molecule has 5 nitrogen and oxygen atoms in total. The minimum Gasteiger partial charge on any atom is -0.486 e. The monoisotopic (exact) mass is 240 g/mol. The molecule has 0 amide bonds. The summed E-state index contributed by atoms with van der Waals surface area (Å²) in [5, 5.41) is 0. The Hall–Kier alpha value is -2.56. The highest BCUT2D eigenvalue weighted by Gasteiger charge is 2.03. The van der Waals surface area contributed by atoms with Gasteiger partial charge in [0.15, 0.2) is 5.65 Å². The van der Waals surface area contributed by atoms with Crippen LogP contribution in [0.1, 0.15) is 5.82 Å². The maximum atomic E-state index is 5.68. The first-order valence-corrected chi connectivity index (χ1v) is 5.59. The molecule has 0 unspecified atom stereocenters. The number of hydrogen-bond acceptors (Lipinski definition) is 4. The van der Waals surface area contributed by atoms with Crippen LogP contribution in [0.3, 0.4) is 0 Å². The second kappa shape index (κ2) is 4.37. The predicted molar refractivity (Wildman–Crippen MR) is 69.1 cm³/mol. The summed E-state index contributed by atoms with van der Waals surface area (Å²) in [6.45, 7) is 0.361. The number of imidazole rings is 1. The smallest absolute Gasteiger partial charge is 0.177 e. The van der Waals surface area contributed by atoms with Gasteiger partial charge in [-0.15, -0.1) is 0 Å². The molecule has 3 aromatic rings. The van der Waals surface area contributed by atoms with Gasteiger partial charge in [0.25, 0.3) is 0 Å². The largest absolute Gasteiger partial charge is 0.486 e. The van der Waals surface area contributed by atoms with E-state index < -0.39 is 0 Å². The van der Waals surface area contributed by atoms with Gasteiger partial charge in [-0.2, -0.15) is 0 Å². The first kappa shape index (κ1) is 10.6. The van der Waals surface area contributed by atoms with E-state index >= 15 is 0 Å². The number of nitrogen functional groups attached to an aromatic ring is 1. The van der Waals surface area contributed by atoms with Gasteiger partial charge in [0.05, 0.1) is 5.52 Å². The molecule has 0 aliphatic rings. The molecule has 0 saturated carbocycles. The van der Waals surface area contributed by atoms with Crippen LogP contribution in [0, 0.1) is 0 Å². The van der Waals surface area contributed by atoms with Crippen molar-refractivity contribution in [2.75, 3.05) is 5.73 Å². The fraction of sp³-hybridized carbons (Fsp3) is 0.0769. The van der Waals surface area contributed by atoms with E-state index in [9.17, 15) is 0 Å². The van der Waals surface area contributed by atoms with E-state index in [1.807, 2.05) is 30.3 Å². The quantitative estimate of drug-likeness (QED) is 0.687. The van der Waals surface area contributed by atoms with Crippen LogP contribution in [-0.2, 0) is 6.61 Å². The van der Waals surface area contributed by atoms with Crippen molar-refractivity contribution < 1.29 is 4.74 Å². The van der Waals surface area contributed by atoms with Gasteiger partial charge >= 0.3 is 0 Å². The lowest BCUT2D eigenvalue weighted by atomic mass is 10.3. The van der Waals surface area contributed by atoms with Gasteiger partial charge in [-0.25, -0.2) is 9.97 Å². The molecule has 5 heteroatoms. The molecule has 1 aromatic carbocycles. The molecule has 3 N–H and O–H groups in total. The molecule has 0 spiro atoms. The Labute approximate surface area is 104 Å². The lowest BCUT2D eigenvalue weighted by Crippen LogP contribution is -1.97. The summed E-state index contributed by atoms with van der Waals surface area (Å²) in [5.41, 5.74) is 7.96. The van der Waals surface area contributed by atoms with Crippen LogP contribution in [0.25, 0.3) is 11.2 Å². The van der Waals surface area contributed by atoms with Gasteiger partial charge in [-0.1, -0.05) is 6.07 Å². The maximum Gasteiger partial charge on any atom is 0.177 e. The Bertz CT molecular complexity index is 644. The Morgan fingerprint density at radius 2 is 2.17 bits per heavy atom. The summed E-state index contributed by atoms with van der Waals surface area (Å²) in [4.78, 5) is 11.6. The number of H-pyrrole nitrogens is 1. The Balaban J connectivity index is 1.76. The van der Waals surface area contributed by atoms with Crippen molar-refractivity contribution in [3.05, 3.63) is 48.4 Å². The predicted octanol–water partition coefficient (Wildman–Crippen LogP) is 2.12. The standard InChI is InChI=1S/C13H12N4O/c14-9-3-1-4-10(7-9)18-8-12-16-11-5-2-6-15-13(11)17-12/h1-7H,8,14H2,(H,15,16,17). The molecule has 2 aromatic heterocycles. The van der Waals surface area contributed by atoms with Crippen LogP contribution in [0.2, 0.25) is 0 Å². The Morgan fingerprint density at radius 1 is 1.22 bits per heavy atom. The van der Waals surface area contributed by atoms with E-state index in [0.717, 1.165) is 17.1 Å². The molecule has 3 rings (SSSR count). The number of aromatic nitrogens is 3. The number of rotatable bonds is 3. The summed E-state index contributed by atoms with van der Waals surface area (Å²) in [7, 11) is 0. The molecular formula is C13H12N4O. The van der Waals surface area contributed by atoms with Crippen LogP contribution < -0.4 is 10.5 Å². The molecule has 0 saturated heterocycles. The Kier molecular flexibility index (Phi) is 2.57. The SMILES string of the molecule is Nc1cccc(OCc2nc3ncccc3[nH]2)c1. The average molecular weight is 240 g/mol. The van der Waals surface area contributed by atoms with Crippen LogP contribution in [0.5, 0.6) is 5.75 Å². The number of benzene rings is 1. The fourth-order valence-corrected chi connectivity index (χ4v) is 1.72. The molecule has 0 aliphatic heterocycles. The number of nitrogens with one attached hydrogen (secondary N) is 1. The molecule has 0 atom stereocenters. The van der Waals surface area contributed by atoms with Crippen molar-refractivity contribution in [2.45, 2.75) is 6.61 Å². The molecule has 2 heterocycles. The summed E-state index contributed by atoms with van der Waals surface area (Å²) in [5.74, 6) is 1.47. The number of anilines is 1. The number of fused-ring (bicyclic) bond motifs is 1. The van der Waals surface area contributed by atoms with Crippen LogP contribution in [-0.4, -0.2) is 15.0 Å². The van der Waals surface area contributed by atoms with Crippen LogP contribution >= 0.6 is 0 Å². The zero-order chi connectivity index (χ0) is 12.4. The molecule has 0 fully saturated rings. The number of aromatic amines is 1. The summed E-state index contributed by atoms with van der Waals surface area (Å²) < 4.78 is 5.60. The molecule has 0 bridgehead atoms. The van der Waals surface area contributed by atoms with Gasteiger partial charge in [0, 0.05) is 18.0 Å². The van der Waals surface area contributed by atoms with Gasteiger partial charge in [0.1, 0.15) is 18.2 Å². The van der Waals surface area contributed by atoms with Gasteiger partial charge in [0.2, 0.25) is 0 Å². The third kappa shape index (κ3) is 2.10. The van der Waals surface area contributed by atoms with Crippen molar-refractivity contribution >= 4 is 16.9 Å². The lowest BCUT2D eigenvalue weighted by Gasteiger charge is -2.04. The van der Waals surface area contributed by atoms with Gasteiger partial charge in [-0.05, 0) is 24.3 Å². The first-order valence-electron chi connectivity index (χ1n) is 5.59. The van der Waals surface area contributed by atoms with Gasteiger partial charge in [-0.3, -0.25) is 0 Å². The molecule has 90 valence electrons. The van der Waals surface area contributed by atoms with Crippen LogP contribution in [0.15, 0.2) is 42.6 Å². The second-order valence-electron chi connectivity index (χ2n) is 3.92. The summed E-state index contributed by atoms with van der Waals surface area (Å²) >= 11 is 0. The van der Waals surface area contributed by atoms with E-state index in [2.05, 4.69) is 15.0 Å². The molecule has 0 radical (unpaired) electrons. The molecular weight excluding hydrogens is 228 g/mol. The van der Waals surface area contributed by atoms with Crippen LogP contribution in [0.4, 0.5) is 5.69 Å². The number of nitrogens with zero attached hydrogens (tertiary/aromatic N) is 2. The highest BCUT2D eigenvalue weighted by atomic mass is 16.5. The lowest BCUT2D eigenvalue weighted by molar-refractivity contribution is 0.297. The minimum absolute atomic E-state index is 0.361. The normalized spacial score (nSPS) is 10.7. The minimum atomic E-state index is 0.361. The molecule has 0 aliphatic carbocycles. The Morgan fingerprint density at radius 3 is 3.00 bits per heavy atom. The van der Waals surface area contributed by atoms with E-state index in [1.165, 1.54) is 0 Å². The average Bonchev–Trinajstić information content (AvgIpc) is 2.79. The number of nitrogens with two attached hydrogens (primary N) is 1. The van der Waals surface area contributed by atoms with Crippen molar-refractivity contribution in [1.82, 2.24) is 15.0 Å². The highest BCUT2D eigenvalue weighted by Crippen LogP contribution is 2.16. The maximum absolute atomic E-state index is 5.68. The second-order valence-corrected chi connectivity index (χ2v) is 3.92. The fourth-order valence-electron chi connectivity index (χ4n) is 1.72. The van der Waals surface area contributed by atoms with Crippen molar-refractivity contribution in [3.8, 4) is 5.75 Å². The van der Waals surface area contributed by atoms with E-state index in [1.54, 1.807) is 12.3 Å². The van der Waals surface area contributed by atoms with Gasteiger partial charge < -0.3 is 15.5 Å². The van der Waals surface area contributed by atoms with E-state index in [0.29, 0.717) is 17.9 Å². The summed E-state index contributed by atoms with van der Waals surface area (Å²) in [6.07, 6.45) is 1.71. The topological polar surface area (TPSA) is 76.8 Å². The highest BCUT2D eigenvalue weighted by molar-refractivity contribution is 5.69. The number of ether oxygens (including phenoxy) is 1. The zero-order valence-electron chi connectivity index (χ0n) is 9.63. The zero-order valence-corrected chi connectivity index (χ0v) is 9.63. The van der Waals surface area contributed by atoms with Crippen molar-refractivity contribution in [2.24, 2.45) is 0 Å². The van der Waals surface area contributed by atoms with E-state index in [4.69, 9.17) is 10.5 Å². The third-order valence-corrected chi connectivity index (χ3v) is 2.54. The number of hydrogen-bond donors (Lipinski definition) is 2. The molecule has 18 heavy (non-hydrogen) atoms. The summed E-state index contributed by atoms with van der Waals surface area (Å²) in [6, 6.07) is 11.1. The number of pyridine rings is 1. The van der Waals surface area contributed by atoms with E-state index in [-0.39, 0.29) is 0 Å². The first-order chi connectivity index (χ1) is 8.81. The van der Waals surface area contributed by atoms with Crippen molar-refractivity contribution in [1.29, 1.82) is 0 Å². The van der Waals surface area contributed by atoms with Crippen molar-refractivity contribution in [3.63, 3.8) is 0 Å².